The number of thiazole rings is 1. The molecule has 0 aliphatic heterocycles. The highest BCUT2D eigenvalue weighted by Crippen LogP contribution is 2.28. The van der Waals surface area contributed by atoms with Gasteiger partial charge in [0.05, 0.1) is 5.69 Å². The third kappa shape index (κ3) is 2.62. The Labute approximate surface area is 103 Å². The van der Waals surface area contributed by atoms with E-state index in [1.54, 1.807) is 12.1 Å². The molecule has 5 heteroatoms. The predicted octanol–water partition coefficient (Wildman–Crippen LogP) is 3.25. The lowest BCUT2D eigenvalue weighted by Gasteiger charge is -2.06. The summed E-state index contributed by atoms with van der Waals surface area (Å²) in [6, 6.07) is 5.04. The number of hydrogen-bond acceptors (Lipinski definition) is 4. The first-order chi connectivity index (χ1) is 8.06. The SMILES string of the molecule is Cc1ccc(Oc2nc(C)cs2)c(C(=O)O)c1. The van der Waals surface area contributed by atoms with Crippen molar-refractivity contribution in [3.05, 3.63) is 40.4 Å². The summed E-state index contributed by atoms with van der Waals surface area (Å²) >= 11 is 1.34. The second kappa shape index (κ2) is 4.55. The van der Waals surface area contributed by atoms with E-state index in [-0.39, 0.29) is 5.56 Å². The summed E-state index contributed by atoms with van der Waals surface area (Å²) < 4.78 is 5.47. The Morgan fingerprint density at radius 1 is 1.41 bits per heavy atom. The van der Waals surface area contributed by atoms with Crippen molar-refractivity contribution >= 4 is 17.3 Å². The maximum atomic E-state index is 11.1. The minimum absolute atomic E-state index is 0.151. The van der Waals surface area contributed by atoms with E-state index in [9.17, 15) is 4.79 Å². The van der Waals surface area contributed by atoms with Gasteiger partial charge in [-0.3, -0.25) is 0 Å². The maximum Gasteiger partial charge on any atom is 0.339 e. The summed E-state index contributed by atoms with van der Waals surface area (Å²) in [4.78, 5) is 15.2. The van der Waals surface area contributed by atoms with Crippen LogP contribution in [-0.2, 0) is 0 Å². The average molecular weight is 249 g/mol. The molecule has 0 amide bonds. The molecule has 1 aromatic carbocycles. The van der Waals surface area contributed by atoms with E-state index in [1.165, 1.54) is 11.3 Å². The van der Waals surface area contributed by atoms with E-state index >= 15 is 0 Å². The lowest BCUT2D eigenvalue weighted by Crippen LogP contribution is -2.00. The third-order valence-corrected chi connectivity index (χ3v) is 3.00. The molecule has 0 atom stereocenters. The van der Waals surface area contributed by atoms with Gasteiger partial charge in [0, 0.05) is 5.38 Å². The molecule has 0 radical (unpaired) electrons. The van der Waals surface area contributed by atoms with Crippen LogP contribution >= 0.6 is 11.3 Å². The van der Waals surface area contributed by atoms with Gasteiger partial charge in [-0.15, -0.1) is 0 Å². The molecule has 0 bridgehead atoms. The van der Waals surface area contributed by atoms with E-state index in [0.29, 0.717) is 10.9 Å². The number of carboxylic acid groups (broad SMARTS) is 1. The molecule has 4 nitrogen and oxygen atoms in total. The minimum Gasteiger partial charge on any atom is -0.478 e. The molecule has 0 saturated heterocycles. The lowest BCUT2D eigenvalue weighted by atomic mass is 10.1. The average Bonchev–Trinajstić information content (AvgIpc) is 2.66. The summed E-state index contributed by atoms with van der Waals surface area (Å²) in [6.45, 7) is 3.69. The van der Waals surface area contributed by atoms with Crippen LogP contribution in [-0.4, -0.2) is 16.1 Å². The Morgan fingerprint density at radius 3 is 2.76 bits per heavy atom. The largest absolute Gasteiger partial charge is 0.478 e. The normalized spacial score (nSPS) is 10.2. The van der Waals surface area contributed by atoms with Crippen LogP contribution in [0, 0.1) is 13.8 Å². The Hall–Kier alpha value is -1.88. The van der Waals surface area contributed by atoms with Crippen molar-refractivity contribution in [1.29, 1.82) is 0 Å². The highest BCUT2D eigenvalue weighted by molar-refractivity contribution is 7.11. The van der Waals surface area contributed by atoms with Crippen molar-refractivity contribution in [1.82, 2.24) is 4.98 Å². The predicted molar refractivity (Wildman–Crippen MR) is 65.1 cm³/mol. The molecule has 88 valence electrons. The van der Waals surface area contributed by atoms with Crippen LogP contribution in [0.5, 0.6) is 10.9 Å². The quantitative estimate of drug-likeness (QED) is 0.907. The number of benzene rings is 1. The number of ether oxygens (including phenoxy) is 1. The molecule has 1 aromatic heterocycles. The van der Waals surface area contributed by atoms with Gasteiger partial charge in [-0.25, -0.2) is 9.78 Å². The molecule has 1 N–H and O–H groups in total. The first-order valence-corrected chi connectivity index (χ1v) is 5.88. The zero-order chi connectivity index (χ0) is 12.4. The fraction of sp³-hybridized carbons (Fsp3) is 0.167. The Bertz CT molecular complexity index is 563. The fourth-order valence-corrected chi connectivity index (χ4v) is 2.03. The number of carboxylic acids is 1. The Balaban J connectivity index is 2.35. The van der Waals surface area contributed by atoms with Gasteiger partial charge in [0.2, 0.25) is 0 Å². The van der Waals surface area contributed by atoms with Gasteiger partial charge in [0.25, 0.3) is 5.19 Å². The second-order valence-corrected chi connectivity index (χ2v) is 4.48. The van der Waals surface area contributed by atoms with Crippen LogP contribution < -0.4 is 4.74 Å². The lowest BCUT2D eigenvalue weighted by molar-refractivity contribution is 0.0694. The topological polar surface area (TPSA) is 59.4 Å². The van der Waals surface area contributed by atoms with Crippen molar-refractivity contribution in [2.75, 3.05) is 0 Å². The van der Waals surface area contributed by atoms with Gasteiger partial charge in [-0.2, -0.15) is 0 Å². The standard InChI is InChI=1S/C12H11NO3S/c1-7-3-4-10(9(5-7)11(14)15)16-12-13-8(2)6-17-12/h3-6H,1-2H3,(H,14,15). The molecular formula is C12H11NO3S. The molecule has 2 aromatic rings. The number of carbonyl (C=O) groups is 1. The van der Waals surface area contributed by atoms with Crippen LogP contribution in [0.25, 0.3) is 0 Å². The van der Waals surface area contributed by atoms with Crippen LogP contribution in [0.15, 0.2) is 23.6 Å². The number of rotatable bonds is 3. The summed E-state index contributed by atoms with van der Waals surface area (Å²) in [6.07, 6.45) is 0. The molecule has 0 aliphatic rings. The summed E-state index contributed by atoms with van der Waals surface area (Å²) in [5.74, 6) is -0.686. The molecule has 0 spiro atoms. The number of aromatic carboxylic acids is 1. The van der Waals surface area contributed by atoms with E-state index in [1.807, 2.05) is 25.3 Å². The third-order valence-electron chi connectivity index (χ3n) is 2.16. The van der Waals surface area contributed by atoms with Crippen molar-refractivity contribution in [2.24, 2.45) is 0 Å². The molecular weight excluding hydrogens is 238 g/mol. The van der Waals surface area contributed by atoms with E-state index in [0.717, 1.165) is 11.3 Å². The van der Waals surface area contributed by atoms with Gasteiger partial charge in [-0.05, 0) is 26.0 Å². The molecule has 0 fully saturated rings. The number of nitrogens with zero attached hydrogens (tertiary/aromatic N) is 1. The van der Waals surface area contributed by atoms with Crippen molar-refractivity contribution in [2.45, 2.75) is 13.8 Å². The number of aromatic nitrogens is 1. The Morgan fingerprint density at radius 2 is 2.18 bits per heavy atom. The van der Waals surface area contributed by atoms with Gasteiger partial charge in [-0.1, -0.05) is 23.0 Å². The molecule has 0 unspecified atom stereocenters. The van der Waals surface area contributed by atoms with Crippen LogP contribution in [0.3, 0.4) is 0 Å². The highest BCUT2D eigenvalue weighted by Gasteiger charge is 2.13. The zero-order valence-corrected chi connectivity index (χ0v) is 10.2. The molecule has 17 heavy (non-hydrogen) atoms. The monoisotopic (exact) mass is 249 g/mol. The zero-order valence-electron chi connectivity index (χ0n) is 9.43. The maximum absolute atomic E-state index is 11.1. The van der Waals surface area contributed by atoms with Gasteiger partial charge in [0.15, 0.2) is 0 Å². The fourth-order valence-electron chi connectivity index (χ4n) is 1.37. The van der Waals surface area contributed by atoms with Crippen LogP contribution in [0.4, 0.5) is 0 Å². The molecule has 2 rings (SSSR count). The Kier molecular flexibility index (Phi) is 3.10. The highest BCUT2D eigenvalue weighted by atomic mass is 32.1. The van der Waals surface area contributed by atoms with Crippen LogP contribution in [0.2, 0.25) is 0 Å². The van der Waals surface area contributed by atoms with Gasteiger partial charge >= 0.3 is 5.97 Å². The summed E-state index contributed by atoms with van der Waals surface area (Å²) in [7, 11) is 0. The van der Waals surface area contributed by atoms with Gasteiger partial charge in [0.1, 0.15) is 11.3 Å². The molecule has 0 aliphatic carbocycles. The summed E-state index contributed by atoms with van der Waals surface area (Å²) in [5, 5.41) is 11.4. The summed E-state index contributed by atoms with van der Waals surface area (Å²) in [5.41, 5.74) is 1.89. The smallest absolute Gasteiger partial charge is 0.339 e. The molecule has 0 saturated carbocycles. The van der Waals surface area contributed by atoms with Crippen molar-refractivity contribution < 1.29 is 14.6 Å². The number of aryl methyl sites for hydroxylation is 2. The van der Waals surface area contributed by atoms with E-state index in [4.69, 9.17) is 9.84 Å². The first-order valence-electron chi connectivity index (χ1n) is 5.00. The van der Waals surface area contributed by atoms with Crippen molar-refractivity contribution in [3.63, 3.8) is 0 Å². The minimum atomic E-state index is -1.00. The van der Waals surface area contributed by atoms with Crippen LogP contribution in [0.1, 0.15) is 21.6 Å². The van der Waals surface area contributed by atoms with Crippen molar-refractivity contribution in [3.8, 4) is 10.9 Å². The van der Waals surface area contributed by atoms with E-state index in [2.05, 4.69) is 4.98 Å². The van der Waals surface area contributed by atoms with Gasteiger partial charge < -0.3 is 9.84 Å². The van der Waals surface area contributed by atoms with E-state index < -0.39 is 5.97 Å². The first kappa shape index (κ1) is 11.6. The number of hydrogen-bond donors (Lipinski definition) is 1. The molecule has 1 heterocycles. The second-order valence-electron chi connectivity index (χ2n) is 3.66.